The topological polar surface area (TPSA) is 104 Å². The summed E-state index contributed by atoms with van der Waals surface area (Å²) in [4.78, 5) is 24.2. The van der Waals surface area contributed by atoms with Crippen molar-refractivity contribution in [1.82, 2.24) is 10.0 Å². The second-order valence-electron chi connectivity index (χ2n) is 7.49. The predicted molar refractivity (Wildman–Crippen MR) is 126 cm³/mol. The first kappa shape index (κ1) is 24.9. The van der Waals surface area contributed by atoms with E-state index in [-0.39, 0.29) is 41.7 Å². The van der Waals surface area contributed by atoms with Crippen LogP contribution in [0.5, 0.6) is 0 Å². The summed E-state index contributed by atoms with van der Waals surface area (Å²) in [6.45, 7) is 5.70. The van der Waals surface area contributed by atoms with Crippen LogP contribution >= 0.6 is 11.8 Å². The Hall–Kier alpha value is -2.36. The van der Waals surface area contributed by atoms with Crippen molar-refractivity contribution in [3.05, 3.63) is 65.2 Å². The maximum Gasteiger partial charge on any atom is 0.234 e. The minimum Gasteiger partial charge on any atom is -0.351 e. The van der Waals surface area contributed by atoms with E-state index in [4.69, 9.17) is 0 Å². The van der Waals surface area contributed by atoms with Gasteiger partial charge in [0.1, 0.15) is 0 Å². The molecule has 0 aromatic heterocycles. The third-order valence-corrected chi connectivity index (χ3v) is 6.58. The van der Waals surface area contributed by atoms with E-state index in [0.29, 0.717) is 5.56 Å². The monoisotopic (exact) mass is 463 g/mol. The normalized spacial score (nSPS) is 11.4. The van der Waals surface area contributed by atoms with Crippen LogP contribution in [0.2, 0.25) is 0 Å². The van der Waals surface area contributed by atoms with Crippen molar-refractivity contribution in [2.24, 2.45) is 0 Å². The molecule has 7 nitrogen and oxygen atoms in total. The lowest BCUT2D eigenvalue weighted by atomic mass is 10.1. The molecule has 0 atom stereocenters. The van der Waals surface area contributed by atoms with Crippen LogP contribution in [0.15, 0.2) is 48.5 Å². The average Bonchev–Trinajstić information content (AvgIpc) is 2.66. The van der Waals surface area contributed by atoms with Crippen molar-refractivity contribution in [2.45, 2.75) is 39.1 Å². The van der Waals surface area contributed by atoms with E-state index in [9.17, 15) is 18.0 Å². The molecule has 0 aliphatic rings. The molecule has 2 amide bonds. The van der Waals surface area contributed by atoms with E-state index in [2.05, 4.69) is 15.4 Å². The Bertz CT molecular complexity index is 1010. The van der Waals surface area contributed by atoms with Crippen LogP contribution in [-0.2, 0) is 31.9 Å². The molecule has 2 aromatic carbocycles. The summed E-state index contributed by atoms with van der Waals surface area (Å²) in [5.74, 6) is -0.235. The van der Waals surface area contributed by atoms with Crippen LogP contribution in [0.4, 0.5) is 5.69 Å². The molecule has 2 rings (SSSR count). The van der Waals surface area contributed by atoms with E-state index in [0.717, 1.165) is 16.8 Å². The lowest BCUT2D eigenvalue weighted by molar-refractivity contribution is -0.118. The van der Waals surface area contributed by atoms with Gasteiger partial charge in [0.15, 0.2) is 0 Å². The van der Waals surface area contributed by atoms with Crippen molar-refractivity contribution < 1.29 is 18.0 Å². The van der Waals surface area contributed by atoms with Gasteiger partial charge in [-0.3, -0.25) is 9.59 Å². The molecular weight excluding hydrogens is 434 g/mol. The van der Waals surface area contributed by atoms with E-state index >= 15 is 0 Å². The van der Waals surface area contributed by atoms with Gasteiger partial charge >= 0.3 is 0 Å². The highest BCUT2D eigenvalue weighted by Gasteiger charge is 2.15. The summed E-state index contributed by atoms with van der Waals surface area (Å²) >= 11 is 1.22. The first-order valence-corrected chi connectivity index (χ1v) is 12.7. The first-order valence-electron chi connectivity index (χ1n) is 9.92. The van der Waals surface area contributed by atoms with E-state index in [1.54, 1.807) is 38.1 Å². The Morgan fingerprint density at radius 1 is 0.968 bits per heavy atom. The highest BCUT2D eigenvalue weighted by atomic mass is 32.2. The maximum atomic E-state index is 12.2. The number of sulfonamides is 1. The molecule has 0 aliphatic heterocycles. The van der Waals surface area contributed by atoms with Gasteiger partial charge in [-0.25, -0.2) is 13.1 Å². The van der Waals surface area contributed by atoms with Crippen LogP contribution < -0.4 is 15.4 Å². The smallest absolute Gasteiger partial charge is 0.234 e. The van der Waals surface area contributed by atoms with Crippen molar-refractivity contribution in [3.8, 4) is 0 Å². The van der Waals surface area contributed by atoms with Gasteiger partial charge in [-0.2, -0.15) is 0 Å². The number of benzene rings is 2. The number of amides is 2. The first-order chi connectivity index (χ1) is 14.6. The zero-order valence-corrected chi connectivity index (χ0v) is 19.6. The second-order valence-corrected chi connectivity index (χ2v) is 10.2. The molecule has 9 heteroatoms. The van der Waals surface area contributed by atoms with E-state index in [1.165, 1.54) is 11.8 Å². The lowest BCUT2D eigenvalue weighted by Gasteiger charge is -2.13. The highest BCUT2D eigenvalue weighted by molar-refractivity contribution is 8.00. The number of hydrogen-bond acceptors (Lipinski definition) is 5. The van der Waals surface area contributed by atoms with Crippen LogP contribution in [0.25, 0.3) is 0 Å². The zero-order valence-electron chi connectivity index (χ0n) is 18.0. The van der Waals surface area contributed by atoms with Crippen molar-refractivity contribution in [3.63, 3.8) is 0 Å². The summed E-state index contributed by atoms with van der Waals surface area (Å²) in [6, 6.07) is 14.4. The van der Waals surface area contributed by atoms with Gasteiger partial charge < -0.3 is 10.6 Å². The molecule has 0 heterocycles. The number of aryl methyl sites for hydroxylation is 1. The summed E-state index contributed by atoms with van der Waals surface area (Å²) < 4.78 is 27.0. The van der Waals surface area contributed by atoms with Crippen LogP contribution in [-0.4, -0.2) is 37.8 Å². The fraction of sp³-hybridized carbons (Fsp3) is 0.364. The predicted octanol–water partition coefficient (Wildman–Crippen LogP) is 2.81. The van der Waals surface area contributed by atoms with Crippen LogP contribution in [0.3, 0.4) is 0 Å². The van der Waals surface area contributed by atoms with Gasteiger partial charge in [0, 0.05) is 18.3 Å². The van der Waals surface area contributed by atoms with Gasteiger partial charge in [0.2, 0.25) is 21.8 Å². The number of carbonyl (C=O) groups excluding carboxylic acids is 2. The molecule has 0 aliphatic carbocycles. The number of carbonyl (C=O) groups is 2. The van der Waals surface area contributed by atoms with Crippen molar-refractivity contribution in [1.29, 1.82) is 0 Å². The van der Waals surface area contributed by atoms with Crippen LogP contribution in [0, 0.1) is 6.92 Å². The molecule has 0 saturated heterocycles. The van der Waals surface area contributed by atoms with Gasteiger partial charge in [-0.15, -0.1) is 11.8 Å². The minimum absolute atomic E-state index is 0.136. The molecule has 0 saturated carbocycles. The van der Waals surface area contributed by atoms with E-state index in [1.807, 2.05) is 31.2 Å². The maximum absolute atomic E-state index is 12.2. The van der Waals surface area contributed by atoms with Crippen molar-refractivity contribution >= 4 is 39.3 Å². The van der Waals surface area contributed by atoms with Crippen molar-refractivity contribution in [2.75, 3.05) is 16.8 Å². The minimum atomic E-state index is -3.46. The quantitative estimate of drug-likeness (QED) is 0.475. The Morgan fingerprint density at radius 2 is 1.65 bits per heavy atom. The molecule has 0 fully saturated rings. The highest BCUT2D eigenvalue weighted by Crippen LogP contribution is 2.13. The molecule has 3 N–H and O–H groups in total. The molecule has 31 heavy (non-hydrogen) atoms. The summed E-state index contributed by atoms with van der Waals surface area (Å²) in [6.07, 6.45) is 0. The Kier molecular flexibility index (Phi) is 9.54. The number of thioether (sulfide) groups is 1. The molecule has 0 bridgehead atoms. The fourth-order valence-electron chi connectivity index (χ4n) is 2.88. The zero-order chi connectivity index (χ0) is 22.9. The third kappa shape index (κ3) is 9.54. The van der Waals surface area contributed by atoms with Crippen LogP contribution in [0.1, 0.15) is 30.5 Å². The molecule has 168 valence electrons. The largest absolute Gasteiger partial charge is 0.351 e. The molecular formula is C22H29N3O4S2. The molecule has 0 spiro atoms. The third-order valence-electron chi connectivity index (χ3n) is 4.12. The average molecular weight is 464 g/mol. The SMILES string of the molecule is Cc1cccc(NC(=O)CSCC(=O)NCc2ccccc2CS(=O)(=O)NC(C)C)c1. The van der Waals surface area contributed by atoms with Gasteiger partial charge in [0.05, 0.1) is 17.3 Å². The Morgan fingerprint density at radius 3 is 2.32 bits per heavy atom. The number of rotatable bonds is 11. The van der Waals surface area contributed by atoms with Gasteiger partial charge in [-0.05, 0) is 49.6 Å². The Balaban J connectivity index is 1.79. The van der Waals surface area contributed by atoms with Gasteiger partial charge in [0.25, 0.3) is 0 Å². The van der Waals surface area contributed by atoms with Gasteiger partial charge in [-0.1, -0.05) is 36.4 Å². The summed E-state index contributed by atoms with van der Waals surface area (Å²) in [5.41, 5.74) is 3.17. The summed E-state index contributed by atoms with van der Waals surface area (Å²) in [7, 11) is -3.46. The summed E-state index contributed by atoms with van der Waals surface area (Å²) in [5, 5.41) is 5.59. The Labute approximate surface area is 188 Å². The molecule has 0 unspecified atom stereocenters. The standard InChI is InChI=1S/C22H29N3O4S2/c1-16(2)25-31(28,29)15-19-9-5-4-8-18(19)12-23-21(26)13-30-14-22(27)24-20-10-6-7-17(3)11-20/h4-11,16,25H,12-15H2,1-3H3,(H,23,26)(H,24,27). The van der Waals surface area contributed by atoms with E-state index < -0.39 is 10.0 Å². The molecule has 2 aromatic rings. The number of anilines is 1. The molecule has 0 radical (unpaired) electrons. The number of hydrogen-bond donors (Lipinski definition) is 3. The number of nitrogens with one attached hydrogen (secondary N) is 3. The fourth-order valence-corrected chi connectivity index (χ4v) is 5.02. The lowest BCUT2D eigenvalue weighted by Crippen LogP contribution is -2.32. The second kappa shape index (κ2) is 11.9.